The summed E-state index contributed by atoms with van der Waals surface area (Å²) in [4.78, 5) is 12.5. The van der Waals surface area contributed by atoms with Crippen LogP contribution in [0.25, 0.3) is 0 Å². The first-order valence-corrected chi connectivity index (χ1v) is 7.95. The van der Waals surface area contributed by atoms with Crippen molar-refractivity contribution in [3.63, 3.8) is 0 Å². The molecule has 0 fully saturated rings. The largest absolute Gasteiger partial charge is 0.618 e. The first-order chi connectivity index (χ1) is 11.6. The standard InChI is InChI=1S/C18H20N2O4/c1-12(2)17(19-18(21)14-5-3-4-8-20(14)22)13-6-7-15-16(11-13)24-10-9-23-15/h3-8,11-12,17H,9-10H2,1-2H3,(H,19,21)/t17-/m1/s1. The zero-order chi connectivity index (χ0) is 17.1. The second-order valence-corrected chi connectivity index (χ2v) is 6.01. The minimum absolute atomic E-state index is 0.0701. The summed E-state index contributed by atoms with van der Waals surface area (Å²) in [5.41, 5.74) is 0.983. The van der Waals surface area contributed by atoms with Crippen LogP contribution in [-0.4, -0.2) is 19.1 Å². The molecule has 6 nitrogen and oxygen atoms in total. The second kappa shape index (κ2) is 6.78. The molecule has 1 amide bonds. The maximum absolute atomic E-state index is 12.5. The lowest BCUT2D eigenvalue weighted by Gasteiger charge is -2.25. The van der Waals surface area contributed by atoms with Gasteiger partial charge in [0.1, 0.15) is 13.2 Å². The van der Waals surface area contributed by atoms with Gasteiger partial charge in [-0.1, -0.05) is 19.9 Å². The number of ether oxygens (including phenoxy) is 2. The van der Waals surface area contributed by atoms with Crippen molar-refractivity contribution in [1.29, 1.82) is 0 Å². The molecule has 1 aliphatic heterocycles. The average molecular weight is 328 g/mol. The van der Waals surface area contributed by atoms with Gasteiger partial charge in [-0.15, -0.1) is 0 Å². The molecule has 24 heavy (non-hydrogen) atoms. The monoisotopic (exact) mass is 328 g/mol. The Bertz CT molecular complexity index is 746. The van der Waals surface area contributed by atoms with Crippen LogP contribution in [0.3, 0.4) is 0 Å². The number of hydrogen-bond donors (Lipinski definition) is 1. The molecule has 3 rings (SSSR count). The number of fused-ring (bicyclic) bond motifs is 1. The van der Waals surface area contributed by atoms with E-state index in [9.17, 15) is 10.0 Å². The van der Waals surface area contributed by atoms with Crippen LogP contribution in [0.1, 0.15) is 35.9 Å². The van der Waals surface area contributed by atoms with Crippen molar-refractivity contribution in [2.75, 3.05) is 13.2 Å². The van der Waals surface area contributed by atoms with Gasteiger partial charge in [-0.25, -0.2) is 0 Å². The van der Waals surface area contributed by atoms with Crippen molar-refractivity contribution in [1.82, 2.24) is 5.32 Å². The molecule has 0 bridgehead atoms. The summed E-state index contributed by atoms with van der Waals surface area (Å²) in [5.74, 6) is 1.12. The minimum atomic E-state index is -0.404. The van der Waals surface area contributed by atoms with E-state index in [0.717, 1.165) is 5.56 Å². The van der Waals surface area contributed by atoms with Crippen LogP contribution in [-0.2, 0) is 0 Å². The van der Waals surface area contributed by atoms with Crippen LogP contribution in [0, 0.1) is 11.1 Å². The first-order valence-electron chi connectivity index (χ1n) is 7.95. The predicted molar refractivity (Wildman–Crippen MR) is 87.9 cm³/mol. The molecular formula is C18H20N2O4. The maximum atomic E-state index is 12.5. The summed E-state index contributed by atoms with van der Waals surface area (Å²) < 4.78 is 11.7. The van der Waals surface area contributed by atoms with Gasteiger partial charge in [0.05, 0.1) is 6.04 Å². The average Bonchev–Trinajstić information content (AvgIpc) is 2.59. The molecule has 126 valence electrons. The third kappa shape index (κ3) is 3.27. The zero-order valence-corrected chi connectivity index (χ0v) is 13.7. The molecule has 1 atom stereocenters. The van der Waals surface area contributed by atoms with Gasteiger partial charge in [0.2, 0.25) is 0 Å². The maximum Gasteiger partial charge on any atom is 0.317 e. The molecule has 6 heteroatoms. The normalized spacial score (nSPS) is 14.3. The molecule has 0 saturated heterocycles. The number of aromatic nitrogens is 1. The Morgan fingerprint density at radius 2 is 1.92 bits per heavy atom. The Kier molecular flexibility index (Phi) is 4.55. The van der Waals surface area contributed by atoms with Crippen LogP contribution in [0.2, 0.25) is 0 Å². The molecule has 2 heterocycles. The van der Waals surface area contributed by atoms with Crippen LogP contribution >= 0.6 is 0 Å². The lowest BCUT2D eigenvalue weighted by Crippen LogP contribution is -2.41. The SMILES string of the molecule is CC(C)[C@@H](NC(=O)c1cccc[n+]1[O-])c1ccc2c(c1)OCCO2. The van der Waals surface area contributed by atoms with Crippen molar-refractivity contribution in [2.45, 2.75) is 19.9 Å². The van der Waals surface area contributed by atoms with Crippen LogP contribution in [0.15, 0.2) is 42.6 Å². The molecule has 0 radical (unpaired) electrons. The molecule has 1 N–H and O–H groups in total. The molecule has 0 aliphatic carbocycles. The molecule has 2 aromatic rings. The van der Waals surface area contributed by atoms with Gasteiger partial charge in [0, 0.05) is 12.1 Å². The van der Waals surface area contributed by atoms with Gasteiger partial charge in [0.25, 0.3) is 5.69 Å². The number of rotatable bonds is 4. The van der Waals surface area contributed by atoms with Crippen molar-refractivity contribution in [2.24, 2.45) is 5.92 Å². The summed E-state index contributed by atoms with van der Waals surface area (Å²) in [5, 5.41) is 14.7. The van der Waals surface area contributed by atoms with Crippen molar-refractivity contribution in [3.8, 4) is 11.5 Å². The summed E-state index contributed by atoms with van der Waals surface area (Å²) in [6.45, 7) is 5.07. The van der Waals surface area contributed by atoms with Crippen LogP contribution in [0.4, 0.5) is 0 Å². The number of amides is 1. The quantitative estimate of drug-likeness (QED) is 0.690. The zero-order valence-electron chi connectivity index (χ0n) is 13.7. The van der Waals surface area contributed by atoms with Crippen LogP contribution < -0.4 is 19.5 Å². The predicted octanol–water partition coefficient (Wildman–Crippen LogP) is 2.22. The Labute approximate surface area is 140 Å². The van der Waals surface area contributed by atoms with E-state index in [-0.39, 0.29) is 17.7 Å². The van der Waals surface area contributed by atoms with Crippen molar-refractivity contribution >= 4 is 5.91 Å². The third-order valence-corrected chi connectivity index (χ3v) is 3.94. The van der Waals surface area contributed by atoms with Gasteiger partial charge in [-0.05, 0) is 29.7 Å². The van der Waals surface area contributed by atoms with E-state index in [1.54, 1.807) is 12.1 Å². The number of benzene rings is 1. The lowest BCUT2D eigenvalue weighted by atomic mass is 9.95. The summed E-state index contributed by atoms with van der Waals surface area (Å²) in [6.07, 6.45) is 1.31. The highest BCUT2D eigenvalue weighted by Gasteiger charge is 2.24. The molecule has 0 spiro atoms. The number of nitrogens with one attached hydrogen (secondary N) is 1. The molecule has 1 aliphatic rings. The van der Waals surface area contributed by atoms with E-state index in [2.05, 4.69) is 5.32 Å². The fourth-order valence-electron chi connectivity index (χ4n) is 2.71. The number of carbonyl (C=O) groups is 1. The highest BCUT2D eigenvalue weighted by atomic mass is 16.6. The van der Waals surface area contributed by atoms with Crippen LogP contribution in [0.5, 0.6) is 11.5 Å². The summed E-state index contributed by atoms with van der Waals surface area (Å²) in [6, 6.07) is 10.2. The van der Waals surface area contributed by atoms with E-state index in [4.69, 9.17) is 9.47 Å². The number of carbonyl (C=O) groups excluding carboxylic acids is 1. The number of pyridine rings is 1. The van der Waals surface area contributed by atoms with E-state index < -0.39 is 5.91 Å². The first kappa shape index (κ1) is 16.1. The Morgan fingerprint density at radius 3 is 2.62 bits per heavy atom. The summed E-state index contributed by atoms with van der Waals surface area (Å²) in [7, 11) is 0. The second-order valence-electron chi connectivity index (χ2n) is 6.01. The Balaban J connectivity index is 1.85. The van der Waals surface area contributed by atoms with E-state index in [1.807, 2.05) is 32.0 Å². The fourth-order valence-corrected chi connectivity index (χ4v) is 2.71. The number of nitrogens with zero attached hydrogens (tertiary/aromatic N) is 1. The van der Waals surface area contributed by atoms with E-state index >= 15 is 0 Å². The topological polar surface area (TPSA) is 74.5 Å². The highest BCUT2D eigenvalue weighted by Crippen LogP contribution is 2.34. The molecule has 1 aromatic heterocycles. The highest BCUT2D eigenvalue weighted by molar-refractivity contribution is 5.91. The molecular weight excluding hydrogens is 308 g/mol. The van der Waals surface area contributed by atoms with E-state index in [0.29, 0.717) is 29.4 Å². The van der Waals surface area contributed by atoms with Gasteiger partial charge < -0.3 is 20.0 Å². The number of hydrogen-bond acceptors (Lipinski definition) is 4. The Hall–Kier alpha value is -2.76. The van der Waals surface area contributed by atoms with Crippen molar-refractivity contribution in [3.05, 3.63) is 59.1 Å². The smallest absolute Gasteiger partial charge is 0.317 e. The summed E-state index contributed by atoms with van der Waals surface area (Å²) >= 11 is 0. The molecule has 0 unspecified atom stereocenters. The molecule has 1 aromatic carbocycles. The third-order valence-electron chi connectivity index (χ3n) is 3.94. The van der Waals surface area contributed by atoms with Gasteiger partial charge >= 0.3 is 5.91 Å². The lowest BCUT2D eigenvalue weighted by molar-refractivity contribution is -0.607. The Morgan fingerprint density at radius 1 is 1.17 bits per heavy atom. The fraction of sp³-hybridized carbons (Fsp3) is 0.333. The van der Waals surface area contributed by atoms with Gasteiger partial charge in [-0.3, -0.25) is 4.79 Å². The van der Waals surface area contributed by atoms with Crippen molar-refractivity contribution < 1.29 is 19.0 Å². The molecule has 0 saturated carbocycles. The minimum Gasteiger partial charge on any atom is -0.618 e. The van der Waals surface area contributed by atoms with Gasteiger partial charge in [-0.2, -0.15) is 4.73 Å². The van der Waals surface area contributed by atoms with E-state index in [1.165, 1.54) is 12.3 Å². The van der Waals surface area contributed by atoms with Gasteiger partial charge in [0.15, 0.2) is 17.7 Å².